The Bertz CT molecular complexity index is 1370. The Morgan fingerprint density at radius 1 is 1.29 bits per heavy atom. The highest BCUT2D eigenvalue weighted by Crippen LogP contribution is 2.30. The van der Waals surface area contributed by atoms with Crippen LogP contribution in [0.3, 0.4) is 0 Å². The maximum Gasteiger partial charge on any atom is 0.409 e. The van der Waals surface area contributed by atoms with E-state index in [4.69, 9.17) is 4.74 Å². The zero-order valence-electron chi connectivity index (χ0n) is 18.7. The van der Waals surface area contributed by atoms with E-state index in [0.29, 0.717) is 17.7 Å². The molecule has 1 aliphatic heterocycles. The standard InChI is InChI=1S/C24H25N5O4S/c1-17-20-7-8-27-22(20)6-5-21(17)28-23-18(15-26-16-19(23)14-25)4-2-3-11-33-24(30)29-9-12-34(31,32)13-10-29/h2,4-8,15-16,27H,3,9-13H2,1H3,(H,26,28)/b4-2+. The predicted molar refractivity (Wildman–Crippen MR) is 130 cm³/mol. The van der Waals surface area contributed by atoms with E-state index in [9.17, 15) is 18.5 Å². The van der Waals surface area contributed by atoms with Gasteiger partial charge in [-0.2, -0.15) is 5.26 Å². The van der Waals surface area contributed by atoms with Crippen molar-refractivity contribution >= 4 is 44.3 Å². The lowest BCUT2D eigenvalue weighted by atomic mass is 10.1. The zero-order valence-corrected chi connectivity index (χ0v) is 19.6. The van der Waals surface area contributed by atoms with Crippen LogP contribution >= 0.6 is 0 Å². The van der Waals surface area contributed by atoms with E-state index in [0.717, 1.165) is 27.7 Å². The van der Waals surface area contributed by atoms with E-state index in [1.54, 1.807) is 6.20 Å². The third-order valence-corrected chi connectivity index (χ3v) is 7.38. The summed E-state index contributed by atoms with van der Waals surface area (Å²) in [6.45, 7) is 2.50. The molecule has 176 valence electrons. The fourth-order valence-corrected chi connectivity index (χ4v) is 4.99. The molecule has 0 aliphatic carbocycles. The molecule has 1 fully saturated rings. The number of fused-ring (bicyclic) bond motifs is 1. The van der Waals surface area contributed by atoms with Crippen LogP contribution in [0.2, 0.25) is 0 Å². The summed E-state index contributed by atoms with van der Waals surface area (Å²) in [5, 5.41) is 14.1. The van der Waals surface area contributed by atoms with Crippen LogP contribution in [0.4, 0.5) is 16.2 Å². The van der Waals surface area contributed by atoms with Crippen molar-refractivity contribution in [2.75, 3.05) is 36.5 Å². The number of sulfone groups is 1. The molecule has 0 radical (unpaired) electrons. The van der Waals surface area contributed by atoms with E-state index in [-0.39, 0.29) is 31.2 Å². The Balaban J connectivity index is 1.41. The summed E-state index contributed by atoms with van der Waals surface area (Å²) in [5.74, 6) is -0.0625. The number of carbonyl (C=O) groups is 1. The molecule has 1 amide bonds. The molecule has 3 aromatic rings. The summed E-state index contributed by atoms with van der Waals surface area (Å²) >= 11 is 0. The first-order chi connectivity index (χ1) is 16.4. The van der Waals surface area contributed by atoms with Gasteiger partial charge in [-0.3, -0.25) is 4.98 Å². The number of nitrogens with one attached hydrogen (secondary N) is 2. The van der Waals surface area contributed by atoms with Gasteiger partial charge in [0.25, 0.3) is 0 Å². The molecule has 2 aromatic heterocycles. The van der Waals surface area contributed by atoms with Crippen molar-refractivity contribution in [1.29, 1.82) is 5.26 Å². The zero-order chi connectivity index (χ0) is 24.1. The van der Waals surface area contributed by atoms with Crippen molar-refractivity contribution in [2.45, 2.75) is 13.3 Å². The highest BCUT2D eigenvalue weighted by Gasteiger charge is 2.25. The lowest BCUT2D eigenvalue weighted by Crippen LogP contribution is -2.44. The van der Waals surface area contributed by atoms with Crippen molar-refractivity contribution in [3.63, 3.8) is 0 Å². The van der Waals surface area contributed by atoms with Crippen LogP contribution in [-0.2, 0) is 14.6 Å². The molecule has 0 spiro atoms. The molecule has 9 nitrogen and oxygen atoms in total. The monoisotopic (exact) mass is 479 g/mol. The SMILES string of the molecule is Cc1c(Nc2c(C#N)cncc2/C=C/CCOC(=O)N2CCS(=O)(=O)CC2)ccc2[nH]ccc12. The summed E-state index contributed by atoms with van der Waals surface area (Å²) in [6, 6.07) is 8.15. The smallest absolute Gasteiger partial charge is 0.409 e. The number of nitrogens with zero attached hydrogens (tertiary/aromatic N) is 3. The molecular weight excluding hydrogens is 454 g/mol. The molecule has 3 heterocycles. The van der Waals surface area contributed by atoms with Gasteiger partial charge in [0.1, 0.15) is 6.07 Å². The number of nitriles is 1. The second kappa shape index (κ2) is 9.97. The van der Waals surface area contributed by atoms with Gasteiger partial charge in [-0.25, -0.2) is 13.2 Å². The van der Waals surface area contributed by atoms with E-state index >= 15 is 0 Å². The number of hydrogen-bond acceptors (Lipinski definition) is 7. The van der Waals surface area contributed by atoms with Crippen molar-refractivity contribution in [3.8, 4) is 6.07 Å². The normalized spacial score (nSPS) is 15.4. The number of ether oxygens (including phenoxy) is 1. The second-order valence-electron chi connectivity index (χ2n) is 8.01. The van der Waals surface area contributed by atoms with Crippen LogP contribution in [0, 0.1) is 18.3 Å². The Hall–Kier alpha value is -3.84. The van der Waals surface area contributed by atoms with Gasteiger partial charge in [0.05, 0.1) is 29.4 Å². The summed E-state index contributed by atoms with van der Waals surface area (Å²) in [5.41, 5.74) is 4.80. The summed E-state index contributed by atoms with van der Waals surface area (Å²) in [4.78, 5) is 20.9. The average molecular weight is 480 g/mol. The minimum absolute atomic E-state index is 0.0312. The fourth-order valence-electron chi connectivity index (χ4n) is 3.79. The van der Waals surface area contributed by atoms with Gasteiger partial charge >= 0.3 is 6.09 Å². The maximum atomic E-state index is 12.1. The number of aromatic amines is 1. The van der Waals surface area contributed by atoms with Crippen LogP contribution in [-0.4, -0.2) is 60.6 Å². The van der Waals surface area contributed by atoms with Crippen LogP contribution in [0.15, 0.2) is 42.9 Å². The summed E-state index contributed by atoms with van der Waals surface area (Å²) < 4.78 is 28.2. The molecule has 4 rings (SSSR count). The van der Waals surface area contributed by atoms with Crippen LogP contribution in [0.5, 0.6) is 0 Å². The Labute approximate surface area is 198 Å². The lowest BCUT2D eigenvalue weighted by molar-refractivity contribution is 0.107. The van der Waals surface area contributed by atoms with Gasteiger partial charge in [-0.05, 0) is 37.1 Å². The summed E-state index contributed by atoms with van der Waals surface area (Å²) in [7, 11) is -3.05. The molecule has 2 N–H and O–H groups in total. The first kappa shape index (κ1) is 23.3. The molecule has 10 heteroatoms. The second-order valence-corrected chi connectivity index (χ2v) is 10.3. The van der Waals surface area contributed by atoms with E-state index in [2.05, 4.69) is 21.4 Å². The minimum atomic E-state index is -3.05. The lowest BCUT2D eigenvalue weighted by Gasteiger charge is -2.25. The molecule has 0 unspecified atom stereocenters. The highest BCUT2D eigenvalue weighted by atomic mass is 32.2. The topological polar surface area (TPSA) is 128 Å². The van der Waals surface area contributed by atoms with Gasteiger partial charge in [0.2, 0.25) is 0 Å². The third-order valence-electron chi connectivity index (χ3n) is 5.77. The first-order valence-corrected chi connectivity index (χ1v) is 12.7. The van der Waals surface area contributed by atoms with E-state index < -0.39 is 15.9 Å². The van der Waals surface area contributed by atoms with Crippen molar-refractivity contribution in [3.05, 3.63) is 59.6 Å². The molecule has 1 saturated heterocycles. The first-order valence-electron chi connectivity index (χ1n) is 10.9. The predicted octanol–water partition coefficient (Wildman–Crippen LogP) is 3.76. The van der Waals surface area contributed by atoms with Gasteiger partial charge in [0, 0.05) is 53.8 Å². The molecular formula is C24H25N5O4S. The number of carbonyl (C=O) groups excluding carboxylic acids is 1. The number of anilines is 2. The third kappa shape index (κ3) is 5.21. The molecule has 0 bridgehead atoms. The van der Waals surface area contributed by atoms with Crippen molar-refractivity contribution in [2.24, 2.45) is 0 Å². The number of pyridine rings is 1. The maximum absolute atomic E-state index is 12.1. The van der Waals surface area contributed by atoms with Crippen LogP contribution in [0.1, 0.15) is 23.1 Å². The van der Waals surface area contributed by atoms with Gasteiger partial charge < -0.3 is 19.9 Å². The van der Waals surface area contributed by atoms with Crippen LogP contribution < -0.4 is 5.32 Å². The average Bonchev–Trinajstić information content (AvgIpc) is 3.31. The van der Waals surface area contributed by atoms with Gasteiger partial charge in [-0.15, -0.1) is 0 Å². The summed E-state index contributed by atoms with van der Waals surface area (Å²) in [6.07, 6.45) is 8.72. The quantitative estimate of drug-likeness (QED) is 0.515. The Kier molecular flexibility index (Phi) is 6.84. The number of benzene rings is 1. The van der Waals surface area contributed by atoms with Gasteiger partial charge in [-0.1, -0.05) is 12.2 Å². The largest absolute Gasteiger partial charge is 0.449 e. The van der Waals surface area contributed by atoms with Gasteiger partial charge in [0.15, 0.2) is 9.84 Å². The number of aromatic nitrogens is 2. The molecule has 0 atom stereocenters. The molecule has 0 saturated carbocycles. The Morgan fingerprint density at radius 2 is 2.09 bits per heavy atom. The number of amides is 1. The molecule has 1 aromatic carbocycles. The molecule has 34 heavy (non-hydrogen) atoms. The number of hydrogen-bond donors (Lipinski definition) is 2. The number of aryl methyl sites for hydroxylation is 1. The van der Waals surface area contributed by atoms with E-state index in [1.807, 2.05) is 43.5 Å². The fraction of sp³-hybridized carbons (Fsp3) is 0.292. The number of rotatable bonds is 6. The highest BCUT2D eigenvalue weighted by molar-refractivity contribution is 7.91. The minimum Gasteiger partial charge on any atom is -0.449 e. The number of H-pyrrole nitrogens is 1. The molecule has 1 aliphatic rings. The van der Waals surface area contributed by atoms with Crippen molar-refractivity contribution < 1.29 is 17.9 Å². The Morgan fingerprint density at radius 3 is 2.85 bits per heavy atom. The van der Waals surface area contributed by atoms with Crippen LogP contribution in [0.25, 0.3) is 17.0 Å². The van der Waals surface area contributed by atoms with E-state index in [1.165, 1.54) is 11.1 Å². The van der Waals surface area contributed by atoms with Crippen molar-refractivity contribution in [1.82, 2.24) is 14.9 Å².